The lowest BCUT2D eigenvalue weighted by molar-refractivity contribution is 0.0174. The molecular formula is C22H31FN2O2. The monoisotopic (exact) mass is 374 g/mol. The summed E-state index contributed by atoms with van der Waals surface area (Å²) < 4.78 is 20.5. The van der Waals surface area contributed by atoms with Crippen LogP contribution in [0.4, 0.5) is 4.39 Å². The van der Waals surface area contributed by atoms with Crippen LogP contribution in [0.15, 0.2) is 42.6 Å². The topological polar surface area (TPSA) is 37.6 Å². The van der Waals surface area contributed by atoms with Crippen LogP contribution in [0, 0.1) is 5.82 Å². The predicted molar refractivity (Wildman–Crippen MR) is 105 cm³/mol. The SMILES string of the molecule is COCC(O)CN(Cc1cccn1Cc1ccc(F)cc1)C1CCCCC1. The summed E-state index contributed by atoms with van der Waals surface area (Å²) in [4.78, 5) is 2.42. The molecule has 0 aliphatic heterocycles. The van der Waals surface area contributed by atoms with Crippen molar-refractivity contribution in [1.29, 1.82) is 0 Å². The summed E-state index contributed by atoms with van der Waals surface area (Å²) in [7, 11) is 1.63. The molecule has 27 heavy (non-hydrogen) atoms. The summed E-state index contributed by atoms with van der Waals surface area (Å²) in [6.45, 7) is 2.52. The van der Waals surface area contributed by atoms with Crippen LogP contribution in [-0.4, -0.2) is 47.0 Å². The van der Waals surface area contributed by atoms with Crippen LogP contribution in [0.2, 0.25) is 0 Å². The highest BCUT2D eigenvalue weighted by Gasteiger charge is 2.24. The van der Waals surface area contributed by atoms with E-state index in [0.717, 1.165) is 18.7 Å². The quantitative estimate of drug-likeness (QED) is 0.725. The van der Waals surface area contributed by atoms with E-state index in [0.29, 0.717) is 19.2 Å². The summed E-state index contributed by atoms with van der Waals surface area (Å²) in [5.74, 6) is -0.206. The molecule has 0 spiro atoms. The number of aliphatic hydroxyl groups is 1. The number of methoxy groups -OCH3 is 1. The first-order valence-electron chi connectivity index (χ1n) is 9.95. The van der Waals surface area contributed by atoms with Crippen LogP contribution in [0.25, 0.3) is 0 Å². The van der Waals surface area contributed by atoms with Crippen molar-refractivity contribution < 1.29 is 14.2 Å². The average Bonchev–Trinajstić information content (AvgIpc) is 3.11. The van der Waals surface area contributed by atoms with Gasteiger partial charge in [-0.3, -0.25) is 4.90 Å². The minimum absolute atomic E-state index is 0.206. The summed E-state index contributed by atoms with van der Waals surface area (Å²) in [5, 5.41) is 10.3. The van der Waals surface area contributed by atoms with E-state index in [1.807, 2.05) is 12.1 Å². The molecule has 1 unspecified atom stereocenters. The van der Waals surface area contributed by atoms with Crippen LogP contribution in [0.1, 0.15) is 43.4 Å². The maximum absolute atomic E-state index is 13.2. The van der Waals surface area contributed by atoms with Gasteiger partial charge in [0, 0.05) is 44.7 Å². The van der Waals surface area contributed by atoms with Gasteiger partial charge >= 0.3 is 0 Å². The Kier molecular flexibility index (Phi) is 7.44. The molecule has 3 rings (SSSR count). The number of hydrogen-bond acceptors (Lipinski definition) is 3. The maximum Gasteiger partial charge on any atom is 0.123 e. The van der Waals surface area contributed by atoms with Gasteiger partial charge in [0.15, 0.2) is 0 Å². The van der Waals surface area contributed by atoms with Crippen molar-refractivity contribution in [3.05, 3.63) is 59.7 Å². The van der Waals surface area contributed by atoms with Crippen LogP contribution < -0.4 is 0 Å². The zero-order valence-corrected chi connectivity index (χ0v) is 16.2. The molecule has 1 N–H and O–H groups in total. The molecule has 5 heteroatoms. The lowest BCUT2D eigenvalue weighted by atomic mass is 9.94. The van der Waals surface area contributed by atoms with Gasteiger partial charge in [0.05, 0.1) is 12.7 Å². The Balaban J connectivity index is 1.71. The molecule has 1 atom stereocenters. The molecule has 1 aliphatic carbocycles. The van der Waals surface area contributed by atoms with Crippen molar-refractivity contribution >= 4 is 0 Å². The fraction of sp³-hybridized carbons (Fsp3) is 0.545. The number of nitrogens with zero attached hydrogens (tertiary/aromatic N) is 2. The average molecular weight is 375 g/mol. The Morgan fingerprint density at radius 2 is 1.93 bits per heavy atom. The number of hydrogen-bond donors (Lipinski definition) is 1. The Morgan fingerprint density at radius 1 is 1.19 bits per heavy atom. The standard InChI is InChI=1S/C22H31FN2O2/c1-27-17-22(26)16-25(20-6-3-2-4-7-20)15-21-8-5-13-24(21)14-18-9-11-19(23)12-10-18/h5,8-13,20,22,26H,2-4,6-7,14-17H2,1H3. The molecular weight excluding hydrogens is 343 g/mol. The fourth-order valence-corrected chi connectivity index (χ4v) is 4.05. The van der Waals surface area contributed by atoms with Gasteiger partial charge in [-0.1, -0.05) is 31.4 Å². The van der Waals surface area contributed by atoms with Crippen molar-refractivity contribution in [3.8, 4) is 0 Å². The Bertz CT molecular complexity index is 680. The highest BCUT2D eigenvalue weighted by molar-refractivity contribution is 5.18. The van der Waals surface area contributed by atoms with Crippen LogP contribution in [0.3, 0.4) is 0 Å². The van der Waals surface area contributed by atoms with Gasteiger partial charge in [-0.2, -0.15) is 0 Å². The largest absolute Gasteiger partial charge is 0.389 e. The smallest absolute Gasteiger partial charge is 0.123 e. The molecule has 0 amide bonds. The molecule has 1 aliphatic rings. The zero-order chi connectivity index (χ0) is 19.1. The summed E-state index contributed by atoms with van der Waals surface area (Å²) in [5.41, 5.74) is 2.30. The van der Waals surface area contributed by atoms with E-state index < -0.39 is 6.10 Å². The summed E-state index contributed by atoms with van der Waals surface area (Å²) >= 11 is 0. The second-order valence-corrected chi connectivity index (χ2v) is 7.58. The van der Waals surface area contributed by atoms with Crippen molar-refractivity contribution in [1.82, 2.24) is 9.47 Å². The minimum atomic E-state index is -0.475. The molecule has 1 aromatic carbocycles. The molecule has 0 saturated heterocycles. The number of aromatic nitrogens is 1. The third-order valence-corrected chi connectivity index (χ3v) is 5.45. The van der Waals surface area contributed by atoms with Crippen molar-refractivity contribution in [2.45, 2.75) is 57.3 Å². The highest BCUT2D eigenvalue weighted by atomic mass is 19.1. The van der Waals surface area contributed by atoms with Crippen molar-refractivity contribution in [2.75, 3.05) is 20.3 Å². The van der Waals surface area contributed by atoms with Crippen LogP contribution >= 0.6 is 0 Å². The van der Waals surface area contributed by atoms with E-state index in [2.05, 4.69) is 27.8 Å². The van der Waals surface area contributed by atoms with E-state index in [4.69, 9.17) is 4.74 Å². The first-order valence-corrected chi connectivity index (χ1v) is 9.95. The molecule has 2 aromatic rings. The number of benzene rings is 1. The molecule has 148 valence electrons. The summed E-state index contributed by atoms with van der Waals surface area (Å²) in [6.07, 6.45) is 7.82. The van der Waals surface area contributed by atoms with Gasteiger partial charge in [0.1, 0.15) is 5.82 Å². The fourth-order valence-electron chi connectivity index (χ4n) is 4.05. The van der Waals surface area contributed by atoms with Gasteiger partial charge in [0.25, 0.3) is 0 Å². The molecule has 0 radical (unpaired) electrons. The molecule has 4 nitrogen and oxygen atoms in total. The Labute approximate surface area is 161 Å². The first-order chi connectivity index (χ1) is 13.2. The van der Waals surface area contributed by atoms with Crippen molar-refractivity contribution in [2.24, 2.45) is 0 Å². The lowest BCUT2D eigenvalue weighted by Crippen LogP contribution is -2.42. The van der Waals surface area contributed by atoms with Gasteiger partial charge in [0.2, 0.25) is 0 Å². The maximum atomic E-state index is 13.2. The Hall–Kier alpha value is -1.69. The lowest BCUT2D eigenvalue weighted by Gasteiger charge is -2.35. The normalized spacial score (nSPS) is 16.7. The predicted octanol–water partition coefficient (Wildman–Crippen LogP) is 3.82. The zero-order valence-electron chi connectivity index (χ0n) is 16.2. The third kappa shape index (κ3) is 5.89. The van der Waals surface area contributed by atoms with Crippen LogP contribution in [-0.2, 0) is 17.8 Å². The van der Waals surface area contributed by atoms with Gasteiger partial charge in [-0.05, 0) is 42.7 Å². The highest BCUT2D eigenvalue weighted by Crippen LogP contribution is 2.24. The number of rotatable bonds is 9. The van der Waals surface area contributed by atoms with Gasteiger partial charge < -0.3 is 14.4 Å². The van der Waals surface area contributed by atoms with Crippen LogP contribution in [0.5, 0.6) is 0 Å². The Morgan fingerprint density at radius 3 is 2.63 bits per heavy atom. The minimum Gasteiger partial charge on any atom is -0.389 e. The van der Waals surface area contributed by atoms with E-state index >= 15 is 0 Å². The van der Waals surface area contributed by atoms with Gasteiger partial charge in [-0.15, -0.1) is 0 Å². The van der Waals surface area contributed by atoms with Crippen molar-refractivity contribution in [3.63, 3.8) is 0 Å². The second-order valence-electron chi connectivity index (χ2n) is 7.58. The third-order valence-electron chi connectivity index (χ3n) is 5.45. The van der Waals surface area contributed by atoms with Gasteiger partial charge in [-0.25, -0.2) is 4.39 Å². The second kappa shape index (κ2) is 10.0. The first kappa shape index (κ1) is 20.1. The molecule has 1 aromatic heterocycles. The number of ether oxygens (including phenoxy) is 1. The molecule has 1 saturated carbocycles. The van der Waals surface area contributed by atoms with E-state index in [1.54, 1.807) is 7.11 Å². The molecule has 1 fully saturated rings. The summed E-state index contributed by atoms with van der Waals surface area (Å²) in [6, 6.07) is 11.4. The number of aliphatic hydroxyl groups excluding tert-OH is 1. The van der Waals surface area contributed by atoms with E-state index in [9.17, 15) is 9.50 Å². The molecule has 1 heterocycles. The molecule has 0 bridgehead atoms. The number of halogens is 1. The van der Waals surface area contributed by atoms with E-state index in [-0.39, 0.29) is 5.82 Å². The van der Waals surface area contributed by atoms with E-state index in [1.165, 1.54) is 49.9 Å².